The lowest BCUT2D eigenvalue weighted by atomic mass is 10.1. The van der Waals surface area contributed by atoms with Gasteiger partial charge in [-0.1, -0.05) is 0 Å². The second-order valence-electron chi connectivity index (χ2n) is 3.76. The Kier molecular flexibility index (Phi) is 4.69. The van der Waals surface area contributed by atoms with Crippen LogP contribution in [0.15, 0.2) is 24.3 Å². The lowest BCUT2D eigenvalue weighted by Crippen LogP contribution is -2.27. The molecule has 0 aliphatic heterocycles. The Morgan fingerprint density at radius 2 is 1.82 bits per heavy atom. The fraction of sp³-hybridized carbons (Fsp3) is 0.385. The van der Waals surface area contributed by atoms with Crippen LogP contribution in [0.25, 0.3) is 0 Å². The number of nitrogens with zero attached hydrogens (tertiary/aromatic N) is 1. The molecule has 0 heterocycles. The first-order valence-electron chi connectivity index (χ1n) is 5.52. The van der Waals surface area contributed by atoms with Crippen LogP contribution < -0.4 is 4.90 Å². The Morgan fingerprint density at radius 1 is 1.24 bits per heavy atom. The molecular formula is C13H17NO3. The number of hydrogen-bond acceptors (Lipinski definition) is 4. The van der Waals surface area contributed by atoms with Gasteiger partial charge >= 0.3 is 5.97 Å². The zero-order valence-electron chi connectivity index (χ0n) is 10.4. The van der Waals surface area contributed by atoms with Crippen molar-refractivity contribution in [3.8, 4) is 0 Å². The Bertz CT molecular complexity index is 398. The second kappa shape index (κ2) is 6.03. The molecule has 0 N–H and O–H groups in total. The zero-order chi connectivity index (χ0) is 12.8. The van der Waals surface area contributed by atoms with Gasteiger partial charge in [0.25, 0.3) is 0 Å². The second-order valence-corrected chi connectivity index (χ2v) is 3.76. The van der Waals surface area contributed by atoms with Crippen molar-refractivity contribution >= 4 is 17.4 Å². The average molecular weight is 235 g/mol. The average Bonchev–Trinajstić information content (AvgIpc) is 2.29. The van der Waals surface area contributed by atoms with Crippen LogP contribution in [0.1, 0.15) is 24.2 Å². The van der Waals surface area contributed by atoms with E-state index in [1.807, 2.05) is 12.1 Å². The third-order valence-electron chi connectivity index (χ3n) is 2.39. The fourth-order valence-corrected chi connectivity index (χ4v) is 1.44. The summed E-state index contributed by atoms with van der Waals surface area (Å²) in [5.74, 6) is -0.227. The predicted molar refractivity (Wildman–Crippen MR) is 66.3 cm³/mol. The Balaban J connectivity index is 2.66. The van der Waals surface area contributed by atoms with Crippen LogP contribution in [0.2, 0.25) is 0 Å². The van der Waals surface area contributed by atoms with Crippen molar-refractivity contribution in [1.82, 2.24) is 0 Å². The van der Waals surface area contributed by atoms with Crippen LogP contribution in [0.4, 0.5) is 5.69 Å². The van der Waals surface area contributed by atoms with Crippen molar-refractivity contribution in [3.05, 3.63) is 29.8 Å². The summed E-state index contributed by atoms with van der Waals surface area (Å²) in [5.41, 5.74) is 1.54. The Labute approximate surface area is 101 Å². The third kappa shape index (κ3) is 3.90. The number of esters is 1. The topological polar surface area (TPSA) is 46.6 Å². The van der Waals surface area contributed by atoms with E-state index in [1.54, 1.807) is 31.0 Å². The fourth-order valence-electron chi connectivity index (χ4n) is 1.44. The molecule has 0 unspecified atom stereocenters. The molecule has 0 saturated heterocycles. The van der Waals surface area contributed by atoms with Gasteiger partial charge in [0, 0.05) is 18.3 Å². The molecule has 0 fully saturated rings. The molecule has 92 valence electrons. The molecule has 1 aromatic rings. The quantitative estimate of drug-likeness (QED) is 0.577. The van der Waals surface area contributed by atoms with E-state index in [-0.39, 0.29) is 18.3 Å². The number of ether oxygens (including phenoxy) is 1. The van der Waals surface area contributed by atoms with E-state index in [4.69, 9.17) is 4.74 Å². The first kappa shape index (κ1) is 13.2. The number of likely N-dealkylation sites (N-methyl/N-ethyl adjacent to an activating group) is 1. The molecule has 4 nitrogen and oxygen atoms in total. The minimum Gasteiger partial charge on any atom is -0.465 e. The van der Waals surface area contributed by atoms with Gasteiger partial charge in [0.2, 0.25) is 0 Å². The monoisotopic (exact) mass is 235 g/mol. The number of ketones is 1. The minimum absolute atomic E-state index is 0.0320. The molecule has 0 saturated carbocycles. The van der Waals surface area contributed by atoms with E-state index < -0.39 is 0 Å². The highest BCUT2D eigenvalue weighted by Crippen LogP contribution is 2.13. The number of carbonyl (C=O) groups is 2. The third-order valence-corrected chi connectivity index (χ3v) is 2.39. The van der Waals surface area contributed by atoms with E-state index in [0.29, 0.717) is 12.2 Å². The number of rotatable bonds is 5. The summed E-state index contributed by atoms with van der Waals surface area (Å²) in [6.45, 7) is 3.89. The van der Waals surface area contributed by atoms with Crippen molar-refractivity contribution in [2.45, 2.75) is 13.8 Å². The van der Waals surface area contributed by atoms with E-state index in [1.165, 1.54) is 6.92 Å². The summed E-state index contributed by atoms with van der Waals surface area (Å²) < 4.78 is 4.86. The van der Waals surface area contributed by atoms with Crippen molar-refractivity contribution in [1.29, 1.82) is 0 Å². The highest BCUT2D eigenvalue weighted by molar-refractivity contribution is 5.94. The molecule has 0 aliphatic rings. The number of benzene rings is 1. The zero-order valence-corrected chi connectivity index (χ0v) is 10.4. The van der Waals surface area contributed by atoms with Crippen LogP contribution in [0, 0.1) is 0 Å². The van der Waals surface area contributed by atoms with Crippen LogP contribution in [-0.4, -0.2) is 32.0 Å². The maximum absolute atomic E-state index is 11.3. The number of Topliss-reactive ketones (excluding diaryl/α,β-unsaturated/α-hetero) is 1. The number of carbonyl (C=O) groups excluding carboxylic acids is 2. The highest BCUT2D eigenvalue weighted by atomic mass is 16.5. The van der Waals surface area contributed by atoms with Gasteiger partial charge in [0.15, 0.2) is 5.78 Å². The van der Waals surface area contributed by atoms with Crippen LogP contribution in [0.5, 0.6) is 0 Å². The Hall–Kier alpha value is -1.84. The molecule has 0 bridgehead atoms. The largest absolute Gasteiger partial charge is 0.465 e. The molecular weight excluding hydrogens is 218 g/mol. The van der Waals surface area contributed by atoms with Crippen molar-refractivity contribution in [2.24, 2.45) is 0 Å². The highest BCUT2D eigenvalue weighted by Gasteiger charge is 2.08. The maximum atomic E-state index is 11.3. The lowest BCUT2D eigenvalue weighted by molar-refractivity contribution is -0.141. The molecule has 1 aromatic carbocycles. The summed E-state index contributed by atoms with van der Waals surface area (Å²) in [5, 5.41) is 0. The van der Waals surface area contributed by atoms with E-state index in [0.717, 1.165) is 5.69 Å². The first-order chi connectivity index (χ1) is 8.04. The van der Waals surface area contributed by atoms with Crippen LogP contribution in [-0.2, 0) is 9.53 Å². The predicted octanol–water partition coefficient (Wildman–Crippen LogP) is 1.89. The normalized spacial score (nSPS) is 9.82. The van der Waals surface area contributed by atoms with Gasteiger partial charge in [-0.15, -0.1) is 0 Å². The summed E-state index contributed by atoms with van der Waals surface area (Å²) >= 11 is 0. The van der Waals surface area contributed by atoms with Gasteiger partial charge in [-0.3, -0.25) is 9.59 Å². The van der Waals surface area contributed by atoms with Crippen LogP contribution in [0.3, 0.4) is 0 Å². The van der Waals surface area contributed by atoms with Crippen LogP contribution >= 0.6 is 0 Å². The molecule has 0 aromatic heterocycles. The number of anilines is 1. The molecule has 1 rings (SSSR count). The van der Waals surface area contributed by atoms with Gasteiger partial charge < -0.3 is 9.64 Å². The molecule has 0 spiro atoms. The van der Waals surface area contributed by atoms with E-state index in [9.17, 15) is 9.59 Å². The molecule has 17 heavy (non-hydrogen) atoms. The van der Waals surface area contributed by atoms with Gasteiger partial charge in [-0.05, 0) is 38.1 Å². The van der Waals surface area contributed by atoms with Crippen molar-refractivity contribution in [3.63, 3.8) is 0 Å². The molecule has 0 radical (unpaired) electrons. The minimum atomic E-state index is -0.259. The standard InChI is InChI=1S/C13H17NO3/c1-4-17-13(16)9-14(3)12-7-5-11(6-8-12)10(2)15/h5-8H,4,9H2,1-3H3. The SMILES string of the molecule is CCOC(=O)CN(C)c1ccc(C(C)=O)cc1. The number of hydrogen-bond donors (Lipinski definition) is 0. The van der Waals surface area contributed by atoms with Gasteiger partial charge in [-0.25, -0.2) is 0 Å². The molecule has 0 amide bonds. The Morgan fingerprint density at radius 3 is 2.29 bits per heavy atom. The van der Waals surface area contributed by atoms with Gasteiger partial charge in [-0.2, -0.15) is 0 Å². The van der Waals surface area contributed by atoms with E-state index >= 15 is 0 Å². The summed E-state index contributed by atoms with van der Waals surface area (Å²) in [6, 6.07) is 7.13. The molecule has 4 heteroatoms. The van der Waals surface area contributed by atoms with Crippen molar-refractivity contribution in [2.75, 3.05) is 25.1 Å². The summed E-state index contributed by atoms with van der Waals surface area (Å²) in [4.78, 5) is 24.2. The smallest absolute Gasteiger partial charge is 0.325 e. The van der Waals surface area contributed by atoms with E-state index in [2.05, 4.69) is 0 Å². The van der Waals surface area contributed by atoms with Crippen molar-refractivity contribution < 1.29 is 14.3 Å². The molecule has 0 atom stereocenters. The maximum Gasteiger partial charge on any atom is 0.325 e. The lowest BCUT2D eigenvalue weighted by Gasteiger charge is -2.18. The molecule has 0 aliphatic carbocycles. The van der Waals surface area contributed by atoms with Gasteiger partial charge in [0.1, 0.15) is 6.54 Å². The summed E-state index contributed by atoms with van der Waals surface area (Å²) in [7, 11) is 1.81. The summed E-state index contributed by atoms with van der Waals surface area (Å²) in [6.07, 6.45) is 0. The van der Waals surface area contributed by atoms with Gasteiger partial charge in [0.05, 0.1) is 6.61 Å². The first-order valence-corrected chi connectivity index (χ1v) is 5.52.